The number of urea groups is 1. The minimum absolute atomic E-state index is 0.273. The molecule has 3 amide bonds. The molecule has 0 aromatic heterocycles. The number of amides is 3. The van der Waals surface area contributed by atoms with Gasteiger partial charge in [-0.3, -0.25) is 10.1 Å². The van der Waals surface area contributed by atoms with E-state index in [9.17, 15) is 14.4 Å². The second-order valence-corrected chi connectivity index (χ2v) is 6.50. The molecule has 0 atom stereocenters. The zero-order valence-electron chi connectivity index (χ0n) is 15.9. The second-order valence-electron chi connectivity index (χ2n) is 6.50. The van der Waals surface area contributed by atoms with Crippen LogP contribution in [0.15, 0.2) is 54.6 Å². The third kappa shape index (κ3) is 7.49. The van der Waals surface area contributed by atoms with Gasteiger partial charge in [-0.15, -0.1) is 0 Å². The molecule has 7 heteroatoms. The van der Waals surface area contributed by atoms with E-state index in [1.54, 1.807) is 12.1 Å². The number of para-hydroxylation sites is 1. The Hall–Kier alpha value is -3.35. The summed E-state index contributed by atoms with van der Waals surface area (Å²) in [6.07, 6.45) is 0.806. The first-order valence-corrected chi connectivity index (χ1v) is 9.02. The molecule has 0 aliphatic carbocycles. The lowest BCUT2D eigenvalue weighted by atomic mass is 10.1. The molecule has 2 rings (SSSR count). The smallest absolute Gasteiger partial charge is 0.338 e. The first kappa shape index (κ1) is 21.0. The number of hydrogen-bond donors (Lipinski definition) is 2. The molecule has 0 saturated heterocycles. The number of carbonyl (C=O) groups is 3. The molecule has 0 spiro atoms. The Bertz CT molecular complexity index is 788. The maximum absolute atomic E-state index is 12.0. The second kappa shape index (κ2) is 10.7. The molecular formula is C21H24N2O5. The highest BCUT2D eigenvalue weighted by Gasteiger charge is 2.12. The molecule has 0 heterocycles. The topological polar surface area (TPSA) is 93.7 Å². The summed E-state index contributed by atoms with van der Waals surface area (Å²) in [6.45, 7) is 3.99. The first-order chi connectivity index (χ1) is 13.4. The van der Waals surface area contributed by atoms with E-state index < -0.39 is 24.5 Å². The fraction of sp³-hybridized carbons (Fsp3) is 0.286. The number of nitrogens with one attached hydrogen (secondary N) is 2. The van der Waals surface area contributed by atoms with Gasteiger partial charge in [0.15, 0.2) is 6.61 Å². The number of benzene rings is 2. The molecule has 0 bridgehead atoms. The van der Waals surface area contributed by atoms with E-state index in [4.69, 9.17) is 9.47 Å². The first-order valence-electron chi connectivity index (χ1n) is 9.02. The third-order valence-corrected chi connectivity index (χ3v) is 3.66. The third-order valence-electron chi connectivity index (χ3n) is 3.66. The monoisotopic (exact) mass is 384 g/mol. The number of hydrogen-bond acceptors (Lipinski definition) is 5. The van der Waals surface area contributed by atoms with Crippen LogP contribution in [0.5, 0.6) is 11.5 Å². The van der Waals surface area contributed by atoms with E-state index in [-0.39, 0.29) is 5.56 Å². The highest BCUT2D eigenvalue weighted by atomic mass is 16.5. The normalized spacial score (nSPS) is 10.2. The Kier molecular flexibility index (Phi) is 8.02. The lowest BCUT2D eigenvalue weighted by Gasteiger charge is -2.09. The van der Waals surface area contributed by atoms with Crippen molar-refractivity contribution in [1.29, 1.82) is 0 Å². The van der Waals surface area contributed by atoms with Crippen LogP contribution in [0.1, 0.15) is 30.6 Å². The predicted octanol–water partition coefficient (Wildman–Crippen LogP) is 3.51. The molecule has 2 N–H and O–H groups in total. The van der Waals surface area contributed by atoms with Gasteiger partial charge in [-0.05, 0) is 48.7 Å². The Labute approximate surface area is 164 Å². The van der Waals surface area contributed by atoms with E-state index in [2.05, 4.69) is 10.6 Å². The van der Waals surface area contributed by atoms with Gasteiger partial charge in [0.05, 0.1) is 5.56 Å². The SMILES string of the molecule is CC(C)CCNC(=O)NC(=O)COC(=O)c1ccc(Oc2ccccc2)cc1. The predicted molar refractivity (Wildman–Crippen MR) is 104 cm³/mol. The molecule has 0 saturated carbocycles. The van der Waals surface area contributed by atoms with Crippen LogP contribution in [0.2, 0.25) is 0 Å². The maximum Gasteiger partial charge on any atom is 0.338 e. The largest absolute Gasteiger partial charge is 0.457 e. The van der Waals surface area contributed by atoms with Gasteiger partial charge in [0.2, 0.25) is 0 Å². The van der Waals surface area contributed by atoms with Gasteiger partial charge in [0, 0.05) is 6.54 Å². The van der Waals surface area contributed by atoms with Crippen molar-refractivity contribution in [1.82, 2.24) is 10.6 Å². The minimum Gasteiger partial charge on any atom is -0.457 e. The lowest BCUT2D eigenvalue weighted by Crippen LogP contribution is -2.41. The number of ether oxygens (including phenoxy) is 2. The summed E-state index contributed by atoms with van der Waals surface area (Å²) in [5.41, 5.74) is 0.273. The van der Waals surface area contributed by atoms with Crippen LogP contribution in [-0.4, -0.2) is 31.1 Å². The van der Waals surface area contributed by atoms with Crippen molar-refractivity contribution in [2.45, 2.75) is 20.3 Å². The van der Waals surface area contributed by atoms with Crippen LogP contribution < -0.4 is 15.4 Å². The van der Waals surface area contributed by atoms with Crippen LogP contribution in [-0.2, 0) is 9.53 Å². The Morgan fingerprint density at radius 1 is 0.929 bits per heavy atom. The molecule has 2 aromatic rings. The van der Waals surface area contributed by atoms with E-state index in [1.165, 1.54) is 12.1 Å². The van der Waals surface area contributed by atoms with Gasteiger partial charge in [-0.25, -0.2) is 9.59 Å². The van der Waals surface area contributed by atoms with Crippen molar-refractivity contribution < 1.29 is 23.9 Å². The quantitative estimate of drug-likeness (QED) is 0.680. The summed E-state index contributed by atoms with van der Waals surface area (Å²) in [7, 11) is 0. The average molecular weight is 384 g/mol. The molecule has 148 valence electrons. The van der Waals surface area contributed by atoms with Crippen LogP contribution in [0.4, 0.5) is 4.79 Å². The van der Waals surface area contributed by atoms with Crippen molar-refractivity contribution in [2.75, 3.05) is 13.2 Å². The molecular weight excluding hydrogens is 360 g/mol. The highest BCUT2D eigenvalue weighted by molar-refractivity contribution is 5.97. The molecule has 28 heavy (non-hydrogen) atoms. The maximum atomic E-state index is 12.0. The zero-order chi connectivity index (χ0) is 20.4. The van der Waals surface area contributed by atoms with E-state index >= 15 is 0 Å². The average Bonchev–Trinajstić information content (AvgIpc) is 2.67. The van der Waals surface area contributed by atoms with E-state index in [1.807, 2.05) is 44.2 Å². The Balaban J connectivity index is 1.75. The van der Waals surface area contributed by atoms with Gasteiger partial charge in [0.25, 0.3) is 5.91 Å². The van der Waals surface area contributed by atoms with Gasteiger partial charge in [0.1, 0.15) is 11.5 Å². The van der Waals surface area contributed by atoms with Crippen molar-refractivity contribution >= 4 is 17.9 Å². The number of carbonyl (C=O) groups excluding carboxylic acids is 3. The fourth-order valence-electron chi connectivity index (χ4n) is 2.18. The molecule has 0 fully saturated rings. The number of rotatable bonds is 8. The minimum atomic E-state index is -0.695. The molecule has 0 aliphatic heterocycles. The molecule has 0 unspecified atom stereocenters. The number of imide groups is 1. The van der Waals surface area contributed by atoms with Gasteiger partial charge in [-0.1, -0.05) is 32.0 Å². The fourth-order valence-corrected chi connectivity index (χ4v) is 2.18. The van der Waals surface area contributed by atoms with Crippen molar-refractivity contribution in [3.63, 3.8) is 0 Å². The van der Waals surface area contributed by atoms with E-state index in [0.29, 0.717) is 24.0 Å². The molecule has 0 aliphatic rings. The van der Waals surface area contributed by atoms with Gasteiger partial charge in [-0.2, -0.15) is 0 Å². The summed E-state index contributed by atoms with van der Waals surface area (Å²) < 4.78 is 10.6. The van der Waals surface area contributed by atoms with Crippen molar-refractivity contribution in [3.8, 4) is 11.5 Å². The van der Waals surface area contributed by atoms with Crippen LogP contribution >= 0.6 is 0 Å². The highest BCUT2D eigenvalue weighted by Crippen LogP contribution is 2.21. The molecule has 0 radical (unpaired) electrons. The van der Waals surface area contributed by atoms with Crippen LogP contribution in [0.3, 0.4) is 0 Å². The zero-order valence-corrected chi connectivity index (χ0v) is 15.9. The van der Waals surface area contributed by atoms with Crippen molar-refractivity contribution in [2.24, 2.45) is 5.92 Å². The standard InChI is InChI=1S/C21H24N2O5/c1-15(2)12-13-22-21(26)23-19(24)14-27-20(25)16-8-10-18(11-9-16)28-17-6-4-3-5-7-17/h3-11,15H,12-14H2,1-2H3,(H2,22,23,24,26). The van der Waals surface area contributed by atoms with Crippen LogP contribution in [0.25, 0.3) is 0 Å². The Morgan fingerprint density at radius 3 is 2.21 bits per heavy atom. The summed E-state index contributed by atoms with van der Waals surface area (Å²) >= 11 is 0. The van der Waals surface area contributed by atoms with Gasteiger partial charge >= 0.3 is 12.0 Å². The van der Waals surface area contributed by atoms with E-state index in [0.717, 1.165) is 6.42 Å². The number of esters is 1. The molecule has 7 nitrogen and oxygen atoms in total. The van der Waals surface area contributed by atoms with Crippen LogP contribution in [0, 0.1) is 5.92 Å². The Morgan fingerprint density at radius 2 is 1.57 bits per heavy atom. The molecule has 2 aromatic carbocycles. The summed E-state index contributed by atoms with van der Waals surface area (Å²) in [4.78, 5) is 35.2. The lowest BCUT2D eigenvalue weighted by molar-refractivity contribution is -0.123. The van der Waals surface area contributed by atoms with Crippen molar-refractivity contribution in [3.05, 3.63) is 60.2 Å². The summed E-state index contributed by atoms with van der Waals surface area (Å²) in [5, 5.41) is 4.68. The summed E-state index contributed by atoms with van der Waals surface area (Å²) in [5.74, 6) is 0.335. The summed E-state index contributed by atoms with van der Waals surface area (Å²) in [6, 6.07) is 15.0. The van der Waals surface area contributed by atoms with Gasteiger partial charge < -0.3 is 14.8 Å².